The lowest BCUT2D eigenvalue weighted by Crippen LogP contribution is -2.50. The Morgan fingerprint density at radius 2 is 2.24 bits per heavy atom. The summed E-state index contributed by atoms with van der Waals surface area (Å²) in [5.41, 5.74) is 5.50. The van der Waals surface area contributed by atoms with Gasteiger partial charge in [-0.1, -0.05) is 0 Å². The number of morpholine rings is 1. The number of sulfone groups is 1. The molecule has 2 atom stereocenters. The molecule has 0 aromatic heterocycles. The summed E-state index contributed by atoms with van der Waals surface area (Å²) in [6.07, 6.45) is 0.331. The second-order valence-corrected chi connectivity index (χ2v) is 6.84. The third-order valence-corrected chi connectivity index (χ3v) is 5.06. The van der Waals surface area contributed by atoms with Crippen LogP contribution in [0.15, 0.2) is 0 Å². The molecule has 1 amide bonds. The van der Waals surface area contributed by atoms with Crippen LogP contribution in [0.3, 0.4) is 0 Å². The summed E-state index contributed by atoms with van der Waals surface area (Å²) >= 11 is 0. The summed E-state index contributed by atoms with van der Waals surface area (Å²) in [4.78, 5) is 13.8. The van der Waals surface area contributed by atoms with Crippen molar-refractivity contribution < 1.29 is 17.9 Å². The molecule has 2 aliphatic heterocycles. The van der Waals surface area contributed by atoms with Gasteiger partial charge in [0.2, 0.25) is 5.91 Å². The number of ether oxygens (including phenoxy) is 1. The Balaban J connectivity index is 1.96. The quantitative estimate of drug-likeness (QED) is 0.661. The molecule has 0 bridgehead atoms. The number of hydrogen-bond acceptors (Lipinski definition) is 5. The van der Waals surface area contributed by atoms with Gasteiger partial charge in [-0.05, 0) is 6.42 Å². The van der Waals surface area contributed by atoms with Gasteiger partial charge in [-0.2, -0.15) is 0 Å². The van der Waals surface area contributed by atoms with Crippen LogP contribution < -0.4 is 5.73 Å². The molecule has 0 aliphatic carbocycles. The highest BCUT2D eigenvalue weighted by Gasteiger charge is 2.36. The summed E-state index contributed by atoms with van der Waals surface area (Å²) in [6, 6.07) is 0. The van der Waals surface area contributed by atoms with E-state index >= 15 is 0 Å². The van der Waals surface area contributed by atoms with Gasteiger partial charge >= 0.3 is 0 Å². The lowest BCUT2D eigenvalue weighted by Gasteiger charge is -2.33. The van der Waals surface area contributed by atoms with Crippen LogP contribution in [0.4, 0.5) is 0 Å². The average molecular weight is 262 g/mol. The molecule has 2 heterocycles. The van der Waals surface area contributed by atoms with Crippen LogP contribution in [-0.2, 0) is 19.4 Å². The molecule has 6 nitrogen and oxygen atoms in total. The summed E-state index contributed by atoms with van der Waals surface area (Å²) < 4.78 is 28.0. The van der Waals surface area contributed by atoms with Gasteiger partial charge < -0.3 is 15.4 Å². The standard InChI is InChI=1S/C10H18N2O4S/c11-5-9-6-12(2-3-16-9)10(13)8-1-4-17(14,15)7-8/h8-9H,1-7,11H2. The average Bonchev–Trinajstić information content (AvgIpc) is 2.69. The van der Waals surface area contributed by atoms with Crippen LogP contribution in [-0.4, -0.2) is 63.1 Å². The maximum absolute atomic E-state index is 12.1. The third kappa shape index (κ3) is 2.97. The number of carbonyl (C=O) groups excluding carboxylic acids is 1. The summed E-state index contributed by atoms with van der Waals surface area (Å²) in [5.74, 6) is -0.297. The van der Waals surface area contributed by atoms with Crippen molar-refractivity contribution in [2.24, 2.45) is 11.7 Å². The molecule has 0 aromatic rings. The Morgan fingerprint density at radius 3 is 2.82 bits per heavy atom. The first-order valence-electron chi connectivity index (χ1n) is 5.83. The van der Waals surface area contributed by atoms with Crippen molar-refractivity contribution in [2.45, 2.75) is 12.5 Å². The minimum atomic E-state index is -3.00. The Morgan fingerprint density at radius 1 is 1.47 bits per heavy atom. The molecule has 0 saturated carbocycles. The number of nitrogens with zero attached hydrogens (tertiary/aromatic N) is 1. The molecule has 2 fully saturated rings. The fourth-order valence-corrected chi connectivity index (χ4v) is 4.04. The first-order chi connectivity index (χ1) is 8.02. The zero-order valence-corrected chi connectivity index (χ0v) is 10.5. The topological polar surface area (TPSA) is 89.7 Å². The maximum atomic E-state index is 12.1. The normalized spacial score (nSPS) is 32.6. The highest BCUT2D eigenvalue weighted by atomic mass is 32.2. The molecule has 0 radical (unpaired) electrons. The largest absolute Gasteiger partial charge is 0.373 e. The highest BCUT2D eigenvalue weighted by Crippen LogP contribution is 2.21. The Labute approximate surface area is 101 Å². The van der Waals surface area contributed by atoms with Crippen molar-refractivity contribution in [2.75, 3.05) is 37.7 Å². The van der Waals surface area contributed by atoms with Gasteiger partial charge in [0, 0.05) is 19.6 Å². The lowest BCUT2D eigenvalue weighted by atomic mass is 10.1. The molecule has 0 spiro atoms. The van der Waals surface area contributed by atoms with E-state index in [9.17, 15) is 13.2 Å². The van der Waals surface area contributed by atoms with Gasteiger partial charge in [0.15, 0.2) is 9.84 Å². The van der Waals surface area contributed by atoms with Gasteiger partial charge in [0.05, 0.1) is 30.1 Å². The van der Waals surface area contributed by atoms with Gasteiger partial charge in [-0.15, -0.1) is 0 Å². The van der Waals surface area contributed by atoms with Crippen LogP contribution in [0, 0.1) is 5.92 Å². The second-order valence-electron chi connectivity index (χ2n) is 4.61. The van der Waals surface area contributed by atoms with Gasteiger partial charge in [-0.25, -0.2) is 8.42 Å². The summed E-state index contributed by atoms with van der Waals surface area (Å²) in [5, 5.41) is 0. The molecule has 2 N–H and O–H groups in total. The van der Waals surface area contributed by atoms with Crippen LogP contribution in [0.5, 0.6) is 0 Å². The predicted octanol–water partition coefficient (Wildman–Crippen LogP) is -1.39. The van der Waals surface area contributed by atoms with E-state index < -0.39 is 9.84 Å². The first-order valence-corrected chi connectivity index (χ1v) is 7.65. The van der Waals surface area contributed by atoms with E-state index in [0.29, 0.717) is 32.7 Å². The minimum absolute atomic E-state index is 0.00349. The molecule has 2 saturated heterocycles. The molecule has 98 valence electrons. The number of carbonyl (C=O) groups is 1. The predicted molar refractivity (Wildman–Crippen MR) is 62.1 cm³/mol. The zero-order valence-electron chi connectivity index (χ0n) is 9.67. The molecule has 2 rings (SSSR count). The van der Waals surface area contributed by atoms with E-state index in [1.807, 2.05) is 0 Å². The number of rotatable bonds is 2. The van der Waals surface area contributed by atoms with E-state index in [4.69, 9.17) is 10.5 Å². The van der Waals surface area contributed by atoms with Gasteiger partial charge in [-0.3, -0.25) is 4.79 Å². The van der Waals surface area contributed by atoms with Gasteiger partial charge in [0.25, 0.3) is 0 Å². The smallest absolute Gasteiger partial charge is 0.226 e. The Kier molecular flexibility index (Phi) is 3.70. The third-order valence-electron chi connectivity index (χ3n) is 3.30. The molecule has 2 unspecified atom stereocenters. The van der Waals surface area contributed by atoms with Crippen LogP contribution in [0.2, 0.25) is 0 Å². The van der Waals surface area contributed by atoms with E-state index in [1.165, 1.54) is 0 Å². The summed E-state index contributed by atoms with van der Waals surface area (Å²) in [6.45, 7) is 1.87. The van der Waals surface area contributed by atoms with Crippen molar-refractivity contribution in [3.63, 3.8) is 0 Å². The molecule has 2 aliphatic rings. The molecular formula is C10H18N2O4S. The minimum Gasteiger partial charge on any atom is -0.373 e. The SMILES string of the molecule is NCC1CN(C(=O)C2CCS(=O)(=O)C2)CCO1. The van der Waals surface area contributed by atoms with Crippen molar-refractivity contribution >= 4 is 15.7 Å². The maximum Gasteiger partial charge on any atom is 0.226 e. The molecule has 0 aromatic carbocycles. The van der Waals surface area contributed by atoms with E-state index in [-0.39, 0.29) is 29.4 Å². The second kappa shape index (κ2) is 4.91. The van der Waals surface area contributed by atoms with Crippen molar-refractivity contribution in [1.82, 2.24) is 4.90 Å². The Bertz CT molecular complexity index is 395. The first kappa shape index (κ1) is 12.8. The molecule has 17 heavy (non-hydrogen) atoms. The van der Waals surface area contributed by atoms with Crippen molar-refractivity contribution in [3.8, 4) is 0 Å². The lowest BCUT2D eigenvalue weighted by molar-refractivity contribution is -0.141. The van der Waals surface area contributed by atoms with Crippen LogP contribution in [0.1, 0.15) is 6.42 Å². The van der Waals surface area contributed by atoms with E-state index in [1.54, 1.807) is 4.90 Å². The number of amides is 1. The van der Waals surface area contributed by atoms with Crippen molar-refractivity contribution in [3.05, 3.63) is 0 Å². The van der Waals surface area contributed by atoms with Gasteiger partial charge in [0.1, 0.15) is 0 Å². The molecule has 7 heteroatoms. The summed E-state index contributed by atoms with van der Waals surface area (Å²) in [7, 11) is -3.00. The monoisotopic (exact) mass is 262 g/mol. The zero-order chi connectivity index (χ0) is 12.5. The van der Waals surface area contributed by atoms with E-state index in [2.05, 4.69) is 0 Å². The number of hydrogen-bond donors (Lipinski definition) is 1. The Hall–Kier alpha value is -0.660. The van der Waals surface area contributed by atoms with Crippen LogP contribution >= 0.6 is 0 Å². The van der Waals surface area contributed by atoms with E-state index in [0.717, 1.165) is 0 Å². The molecular weight excluding hydrogens is 244 g/mol. The number of nitrogens with two attached hydrogens (primary N) is 1. The van der Waals surface area contributed by atoms with Crippen LogP contribution in [0.25, 0.3) is 0 Å². The highest BCUT2D eigenvalue weighted by molar-refractivity contribution is 7.91. The fourth-order valence-electron chi connectivity index (χ4n) is 2.31. The van der Waals surface area contributed by atoms with Crippen molar-refractivity contribution in [1.29, 1.82) is 0 Å². The fraction of sp³-hybridized carbons (Fsp3) is 0.900.